The Labute approximate surface area is 148 Å². The van der Waals surface area contributed by atoms with E-state index in [9.17, 15) is 4.79 Å². The first-order chi connectivity index (χ1) is 11.8. The zero-order chi connectivity index (χ0) is 17.7. The van der Waals surface area contributed by atoms with Gasteiger partial charge in [-0.1, -0.05) is 62.6 Å². The second-order valence-electron chi connectivity index (χ2n) is 5.85. The van der Waals surface area contributed by atoms with Crippen LogP contribution < -0.4 is 0 Å². The highest BCUT2D eigenvalue weighted by atomic mass is 16.4. The number of carboxylic acid groups (broad SMARTS) is 1. The largest absolute Gasteiger partial charge is 0.481 e. The molecule has 0 aliphatic heterocycles. The van der Waals surface area contributed by atoms with Crippen molar-refractivity contribution in [3.05, 3.63) is 54.3 Å². The Bertz CT molecular complexity index is 435. The maximum Gasteiger partial charge on any atom is 0.303 e. The molecule has 0 aliphatic carbocycles. The molecule has 0 unspecified atom stereocenters. The minimum atomic E-state index is -0.732. The molecule has 0 heterocycles. The van der Waals surface area contributed by atoms with E-state index in [1.165, 1.54) is 32.1 Å². The lowest BCUT2D eigenvalue weighted by Crippen LogP contribution is -1.91. The highest BCUT2D eigenvalue weighted by Crippen LogP contribution is 2.03. The quantitative estimate of drug-likeness (QED) is 0.156. The van der Waals surface area contributed by atoms with E-state index in [1.807, 2.05) is 12.2 Å². The molecule has 0 rings (SSSR count). The van der Waals surface area contributed by atoms with Crippen molar-refractivity contribution in [1.82, 2.24) is 0 Å². The Morgan fingerprint density at radius 3 is 2.38 bits per heavy atom. The number of aliphatic carboxylic acids is 1. The Morgan fingerprint density at radius 2 is 1.58 bits per heavy atom. The van der Waals surface area contributed by atoms with Gasteiger partial charge in [0.15, 0.2) is 0 Å². The van der Waals surface area contributed by atoms with Crippen LogP contribution in [0.2, 0.25) is 0 Å². The summed E-state index contributed by atoms with van der Waals surface area (Å²) in [4.78, 5) is 10.3. The zero-order valence-electron chi connectivity index (χ0n) is 15.3. The standard InChI is InChI=1S/C22H34O2/c1-2-3-4-5-6-7-8-9-10-11-12-13-14-15-16-17-18-19-20-21-22(23)24/h7-10,12,14,18-19H,2-6,11,15-17,20-21H2,1H3,(H,23,24). The predicted octanol–water partition coefficient (Wildman–Crippen LogP) is 6.76. The van der Waals surface area contributed by atoms with Crippen molar-refractivity contribution in [2.24, 2.45) is 0 Å². The Balaban J connectivity index is 3.49. The minimum absolute atomic E-state index is 0.223. The van der Waals surface area contributed by atoms with Crippen molar-refractivity contribution in [3.63, 3.8) is 0 Å². The molecule has 0 fully saturated rings. The molecule has 0 radical (unpaired) electrons. The van der Waals surface area contributed by atoms with Crippen LogP contribution >= 0.6 is 0 Å². The summed E-state index contributed by atoms with van der Waals surface area (Å²) in [5.74, 6) is -0.732. The summed E-state index contributed by atoms with van der Waals surface area (Å²) in [6.45, 7) is 2.24. The van der Waals surface area contributed by atoms with E-state index in [-0.39, 0.29) is 6.42 Å². The van der Waals surface area contributed by atoms with Crippen molar-refractivity contribution in [2.45, 2.75) is 77.6 Å². The molecule has 2 heteroatoms. The first kappa shape index (κ1) is 22.2. The topological polar surface area (TPSA) is 37.3 Å². The molecule has 0 spiro atoms. The van der Waals surface area contributed by atoms with Crippen LogP contribution in [-0.2, 0) is 4.79 Å². The average Bonchev–Trinajstić information content (AvgIpc) is 2.56. The van der Waals surface area contributed by atoms with Gasteiger partial charge in [-0.25, -0.2) is 0 Å². The van der Waals surface area contributed by atoms with E-state index < -0.39 is 5.97 Å². The highest BCUT2D eigenvalue weighted by Gasteiger charge is 1.91. The molecule has 0 saturated heterocycles. The second-order valence-corrected chi connectivity index (χ2v) is 5.85. The second kappa shape index (κ2) is 19.3. The molecule has 0 atom stereocenters. The molecular weight excluding hydrogens is 296 g/mol. The summed E-state index contributed by atoms with van der Waals surface area (Å²) in [5.41, 5.74) is 3.20. The van der Waals surface area contributed by atoms with Gasteiger partial charge in [-0.15, -0.1) is 5.73 Å². The third kappa shape index (κ3) is 20.2. The van der Waals surface area contributed by atoms with Crippen LogP contribution in [0.25, 0.3) is 0 Å². The van der Waals surface area contributed by atoms with Crippen LogP contribution in [0, 0.1) is 0 Å². The third-order valence-corrected chi connectivity index (χ3v) is 3.51. The van der Waals surface area contributed by atoms with Gasteiger partial charge in [0, 0.05) is 6.42 Å². The molecule has 0 aromatic heterocycles. The summed E-state index contributed by atoms with van der Waals surface area (Å²) < 4.78 is 0. The van der Waals surface area contributed by atoms with Crippen LogP contribution in [0.3, 0.4) is 0 Å². The van der Waals surface area contributed by atoms with Gasteiger partial charge in [0.25, 0.3) is 0 Å². The highest BCUT2D eigenvalue weighted by molar-refractivity contribution is 5.66. The predicted molar refractivity (Wildman–Crippen MR) is 104 cm³/mol. The number of carboxylic acids is 1. The Hall–Kier alpha value is -1.79. The van der Waals surface area contributed by atoms with E-state index in [1.54, 1.807) is 0 Å². The molecule has 1 N–H and O–H groups in total. The van der Waals surface area contributed by atoms with Crippen molar-refractivity contribution < 1.29 is 9.90 Å². The van der Waals surface area contributed by atoms with E-state index in [0.717, 1.165) is 25.7 Å². The van der Waals surface area contributed by atoms with Crippen LogP contribution in [0.1, 0.15) is 77.6 Å². The van der Waals surface area contributed by atoms with Gasteiger partial charge in [-0.3, -0.25) is 4.79 Å². The lowest BCUT2D eigenvalue weighted by molar-refractivity contribution is -0.136. The molecule has 0 bridgehead atoms. The van der Waals surface area contributed by atoms with E-state index in [4.69, 9.17) is 5.11 Å². The summed E-state index contributed by atoms with van der Waals surface area (Å²) in [5, 5.41) is 8.50. The number of hydrogen-bond donors (Lipinski definition) is 1. The molecule has 24 heavy (non-hydrogen) atoms. The van der Waals surface area contributed by atoms with Crippen LogP contribution in [0.4, 0.5) is 0 Å². The molecule has 134 valence electrons. The van der Waals surface area contributed by atoms with Gasteiger partial charge < -0.3 is 5.11 Å². The summed E-state index contributed by atoms with van der Waals surface area (Å²) in [7, 11) is 0. The fourth-order valence-corrected chi connectivity index (χ4v) is 2.10. The van der Waals surface area contributed by atoms with Gasteiger partial charge >= 0.3 is 5.97 Å². The van der Waals surface area contributed by atoms with Crippen LogP contribution in [0.5, 0.6) is 0 Å². The maximum atomic E-state index is 10.3. The first-order valence-corrected chi connectivity index (χ1v) is 9.35. The number of rotatable bonds is 15. The molecular formula is C22H34O2. The van der Waals surface area contributed by atoms with Crippen molar-refractivity contribution in [3.8, 4) is 0 Å². The molecule has 0 amide bonds. The monoisotopic (exact) mass is 330 g/mol. The maximum absolute atomic E-state index is 10.3. The molecule has 0 saturated carbocycles. The number of carbonyl (C=O) groups is 1. The van der Waals surface area contributed by atoms with Crippen LogP contribution in [0.15, 0.2) is 54.3 Å². The van der Waals surface area contributed by atoms with Crippen molar-refractivity contribution in [1.29, 1.82) is 0 Å². The van der Waals surface area contributed by atoms with Gasteiger partial charge in [-0.05, 0) is 57.1 Å². The first-order valence-electron chi connectivity index (χ1n) is 9.35. The SMILES string of the molecule is CCCCCCC=CC=CCC=C=CCCCC=CCCC(=O)O. The van der Waals surface area contributed by atoms with Gasteiger partial charge in [0.1, 0.15) is 0 Å². The summed E-state index contributed by atoms with van der Waals surface area (Å²) >= 11 is 0. The van der Waals surface area contributed by atoms with E-state index in [0.29, 0.717) is 6.42 Å². The lowest BCUT2D eigenvalue weighted by Gasteiger charge is -1.92. The van der Waals surface area contributed by atoms with Gasteiger partial charge in [-0.2, -0.15) is 0 Å². The zero-order valence-corrected chi connectivity index (χ0v) is 15.3. The van der Waals surface area contributed by atoms with E-state index in [2.05, 4.69) is 49.1 Å². The fourth-order valence-electron chi connectivity index (χ4n) is 2.10. The molecule has 0 aromatic carbocycles. The average molecular weight is 331 g/mol. The number of unbranched alkanes of at least 4 members (excludes halogenated alkanes) is 6. The van der Waals surface area contributed by atoms with E-state index >= 15 is 0 Å². The Morgan fingerprint density at radius 1 is 0.833 bits per heavy atom. The smallest absolute Gasteiger partial charge is 0.303 e. The molecule has 0 aliphatic rings. The minimum Gasteiger partial charge on any atom is -0.481 e. The van der Waals surface area contributed by atoms with Gasteiger partial charge in [0.2, 0.25) is 0 Å². The lowest BCUT2D eigenvalue weighted by atomic mass is 10.1. The van der Waals surface area contributed by atoms with Crippen molar-refractivity contribution in [2.75, 3.05) is 0 Å². The van der Waals surface area contributed by atoms with Crippen molar-refractivity contribution >= 4 is 5.97 Å². The van der Waals surface area contributed by atoms with Crippen LogP contribution in [-0.4, -0.2) is 11.1 Å². The van der Waals surface area contributed by atoms with Gasteiger partial charge in [0.05, 0.1) is 0 Å². The molecule has 0 aromatic rings. The fraction of sp³-hybridized carbons (Fsp3) is 0.545. The third-order valence-electron chi connectivity index (χ3n) is 3.51. The molecule has 2 nitrogen and oxygen atoms in total. The summed E-state index contributed by atoms with van der Waals surface area (Å²) in [6, 6.07) is 0. The Kier molecular flexibility index (Phi) is 17.8. The summed E-state index contributed by atoms with van der Waals surface area (Å²) in [6.07, 6.45) is 28.1. The number of allylic oxidation sites excluding steroid dienone is 7. The normalized spacial score (nSPS) is 11.4. The number of hydrogen-bond acceptors (Lipinski definition) is 1.